The smallest absolute Gasteiger partial charge is 0.317 e. The maximum atomic E-state index is 12.5. The monoisotopic (exact) mass is 302 g/mol. The summed E-state index contributed by atoms with van der Waals surface area (Å²) in [6.07, 6.45) is 2.65. The maximum absolute atomic E-state index is 12.5. The Labute approximate surface area is 130 Å². The highest BCUT2D eigenvalue weighted by atomic mass is 16.4. The molecule has 1 aliphatic heterocycles. The molecule has 2 amide bonds. The van der Waals surface area contributed by atoms with Gasteiger partial charge in [-0.25, -0.2) is 4.79 Å². The zero-order chi connectivity index (χ0) is 15.7. The molecule has 1 fully saturated rings. The van der Waals surface area contributed by atoms with Gasteiger partial charge < -0.3 is 15.3 Å². The molecule has 0 aromatic heterocycles. The van der Waals surface area contributed by atoms with Crippen LogP contribution < -0.4 is 5.32 Å². The highest BCUT2D eigenvalue weighted by Gasteiger charge is 2.33. The van der Waals surface area contributed by atoms with E-state index in [4.69, 9.17) is 5.11 Å². The first-order chi connectivity index (χ1) is 10.6. The summed E-state index contributed by atoms with van der Waals surface area (Å²) < 4.78 is 0. The third-order valence-electron chi connectivity index (χ3n) is 4.93. The molecule has 5 nitrogen and oxygen atoms in total. The van der Waals surface area contributed by atoms with E-state index in [1.165, 1.54) is 11.1 Å². The van der Waals surface area contributed by atoms with E-state index in [-0.39, 0.29) is 12.1 Å². The van der Waals surface area contributed by atoms with Crippen LogP contribution >= 0.6 is 0 Å². The summed E-state index contributed by atoms with van der Waals surface area (Å²) in [5.41, 5.74) is 2.50. The average molecular weight is 302 g/mol. The van der Waals surface area contributed by atoms with Crippen molar-refractivity contribution in [3.05, 3.63) is 35.4 Å². The van der Waals surface area contributed by atoms with Crippen LogP contribution in [0, 0.1) is 11.8 Å². The zero-order valence-corrected chi connectivity index (χ0v) is 12.8. The Hall–Kier alpha value is -2.04. The minimum atomic E-state index is -0.813. The molecule has 2 aliphatic rings. The average Bonchev–Trinajstić information content (AvgIpc) is 3.00. The van der Waals surface area contributed by atoms with Gasteiger partial charge in [0.05, 0.1) is 12.0 Å². The minimum absolute atomic E-state index is 0.0151. The normalized spacial score (nSPS) is 27.3. The quantitative estimate of drug-likeness (QED) is 0.881. The third kappa shape index (κ3) is 2.80. The standard InChI is InChI=1S/C17H22N2O3/c1-11-6-7-12-4-2-3-5-14(12)15(11)18-17(22)19-9-8-13(10-19)16(20)21/h2-5,11,13,15H,6-10H2,1H3,(H,18,22)(H,20,21). The van der Waals surface area contributed by atoms with Gasteiger partial charge in [-0.2, -0.15) is 0 Å². The molecular formula is C17H22N2O3. The van der Waals surface area contributed by atoms with Crippen molar-refractivity contribution in [1.29, 1.82) is 0 Å². The lowest BCUT2D eigenvalue weighted by Crippen LogP contribution is -2.43. The summed E-state index contributed by atoms with van der Waals surface area (Å²) >= 11 is 0. The van der Waals surface area contributed by atoms with Gasteiger partial charge in [-0.05, 0) is 36.3 Å². The van der Waals surface area contributed by atoms with Crippen LogP contribution in [0.25, 0.3) is 0 Å². The molecule has 118 valence electrons. The molecule has 2 N–H and O–H groups in total. The second-order valence-electron chi connectivity index (χ2n) is 6.41. The lowest BCUT2D eigenvalue weighted by atomic mass is 9.81. The number of likely N-dealkylation sites (tertiary alicyclic amines) is 1. The number of hydrogen-bond acceptors (Lipinski definition) is 2. The molecule has 0 radical (unpaired) electrons. The maximum Gasteiger partial charge on any atom is 0.317 e. The fourth-order valence-corrected chi connectivity index (χ4v) is 3.51. The fourth-order valence-electron chi connectivity index (χ4n) is 3.51. The number of carboxylic acids is 1. The van der Waals surface area contributed by atoms with Crippen LogP contribution in [0.4, 0.5) is 4.79 Å². The Balaban J connectivity index is 1.70. The SMILES string of the molecule is CC1CCc2ccccc2C1NC(=O)N1CCC(C(=O)O)C1. The molecule has 0 saturated carbocycles. The Bertz CT molecular complexity index is 587. The summed E-state index contributed by atoms with van der Waals surface area (Å²) in [5.74, 6) is -0.856. The van der Waals surface area contributed by atoms with Crippen molar-refractivity contribution >= 4 is 12.0 Å². The van der Waals surface area contributed by atoms with Crippen molar-refractivity contribution in [2.45, 2.75) is 32.2 Å². The first-order valence-electron chi connectivity index (χ1n) is 7.92. The Morgan fingerprint density at radius 1 is 1.27 bits per heavy atom. The van der Waals surface area contributed by atoms with E-state index in [0.717, 1.165) is 12.8 Å². The van der Waals surface area contributed by atoms with Gasteiger partial charge in [0.2, 0.25) is 0 Å². The molecule has 3 rings (SSSR count). The summed E-state index contributed by atoms with van der Waals surface area (Å²) in [6.45, 7) is 2.99. The molecule has 1 aliphatic carbocycles. The number of amides is 2. The summed E-state index contributed by atoms with van der Waals surface area (Å²) in [7, 11) is 0. The molecule has 1 heterocycles. The number of carbonyl (C=O) groups excluding carboxylic acids is 1. The van der Waals surface area contributed by atoms with Gasteiger partial charge in [-0.15, -0.1) is 0 Å². The Morgan fingerprint density at radius 2 is 2.05 bits per heavy atom. The number of benzene rings is 1. The second kappa shape index (κ2) is 5.99. The number of aryl methyl sites for hydroxylation is 1. The van der Waals surface area contributed by atoms with Gasteiger partial charge >= 0.3 is 12.0 Å². The van der Waals surface area contributed by atoms with Crippen LogP contribution in [0.3, 0.4) is 0 Å². The molecule has 0 bridgehead atoms. The first kappa shape index (κ1) is 14.9. The Morgan fingerprint density at radius 3 is 2.77 bits per heavy atom. The molecule has 1 aromatic rings. The van der Waals surface area contributed by atoms with E-state index >= 15 is 0 Å². The summed E-state index contributed by atoms with van der Waals surface area (Å²) in [4.78, 5) is 25.1. The van der Waals surface area contributed by atoms with Crippen LogP contribution in [-0.2, 0) is 11.2 Å². The molecule has 0 spiro atoms. The lowest BCUT2D eigenvalue weighted by molar-refractivity contribution is -0.141. The van der Waals surface area contributed by atoms with Gasteiger partial charge in [0.25, 0.3) is 0 Å². The van der Waals surface area contributed by atoms with Crippen LogP contribution in [-0.4, -0.2) is 35.1 Å². The fraction of sp³-hybridized carbons (Fsp3) is 0.529. The minimum Gasteiger partial charge on any atom is -0.481 e. The molecule has 1 saturated heterocycles. The Kier molecular flexibility index (Phi) is 4.05. The molecular weight excluding hydrogens is 280 g/mol. The lowest BCUT2D eigenvalue weighted by Gasteiger charge is -2.33. The topological polar surface area (TPSA) is 69.6 Å². The van der Waals surface area contributed by atoms with Crippen molar-refractivity contribution in [3.8, 4) is 0 Å². The first-order valence-corrected chi connectivity index (χ1v) is 7.92. The van der Waals surface area contributed by atoms with E-state index in [1.807, 2.05) is 12.1 Å². The second-order valence-corrected chi connectivity index (χ2v) is 6.41. The van der Waals surface area contributed by atoms with Gasteiger partial charge in [0, 0.05) is 13.1 Å². The van der Waals surface area contributed by atoms with Crippen molar-refractivity contribution < 1.29 is 14.7 Å². The third-order valence-corrected chi connectivity index (χ3v) is 4.93. The molecule has 3 atom stereocenters. The molecule has 1 aromatic carbocycles. The van der Waals surface area contributed by atoms with E-state index in [9.17, 15) is 9.59 Å². The number of nitrogens with zero attached hydrogens (tertiary/aromatic N) is 1. The predicted octanol–water partition coefficient (Wildman–Crippen LogP) is 2.43. The number of hydrogen-bond donors (Lipinski definition) is 2. The summed E-state index contributed by atoms with van der Waals surface area (Å²) in [6, 6.07) is 8.12. The zero-order valence-electron chi connectivity index (χ0n) is 12.8. The largest absolute Gasteiger partial charge is 0.481 e. The van der Waals surface area contributed by atoms with E-state index in [2.05, 4.69) is 24.4 Å². The number of urea groups is 1. The van der Waals surface area contributed by atoms with Crippen LogP contribution in [0.1, 0.15) is 36.9 Å². The highest BCUT2D eigenvalue weighted by Crippen LogP contribution is 2.34. The van der Waals surface area contributed by atoms with Gasteiger partial charge in [-0.3, -0.25) is 4.79 Å². The number of aliphatic carboxylic acids is 1. The van der Waals surface area contributed by atoms with Crippen molar-refractivity contribution in [1.82, 2.24) is 10.2 Å². The molecule has 22 heavy (non-hydrogen) atoms. The number of nitrogens with one attached hydrogen (secondary N) is 1. The van der Waals surface area contributed by atoms with E-state index < -0.39 is 11.9 Å². The highest BCUT2D eigenvalue weighted by molar-refractivity contribution is 5.77. The van der Waals surface area contributed by atoms with Gasteiger partial charge in [-0.1, -0.05) is 31.2 Å². The van der Waals surface area contributed by atoms with Crippen LogP contribution in [0.5, 0.6) is 0 Å². The van der Waals surface area contributed by atoms with Crippen molar-refractivity contribution in [3.63, 3.8) is 0 Å². The van der Waals surface area contributed by atoms with Crippen molar-refractivity contribution in [2.75, 3.05) is 13.1 Å². The molecule has 5 heteroatoms. The number of fused-ring (bicyclic) bond motifs is 1. The number of rotatable bonds is 2. The number of carbonyl (C=O) groups is 2. The van der Waals surface area contributed by atoms with Gasteiger partial charge in [0.1, 0.15) is 0 Å². The van der Waals surface area contributed by atoms with Crippen molar-refractivity contribution in [2.24, 2.45) is 11.8 Å². The summed E-state index contributed by atoms with van der Waals surface area (Å²) in [5, 5.41) is 12.2. The predicted molar refractivity (Wildman–Crippen MR) is 82.5 cm³/mol. The van der Waals surface area contributed by atoms with E-state index in [1.54, 1.807) is 4.90 Å². The van der Waals surface area contributed by atoms with Crippen LogP contribution in [0.15, 0.2) is 24.3 Å². The van der Waals surface area contributed by atoms with E-state index in [0.29, 0.717) is 25.4 Å². The number of carboxylic acid groups (broad SMARTS) is 1. The molecule has 3 unspecified atom stereocenters. The van der Waals surface area contributed by atoms with Gasteiger partial charge in [0.15, 0.2) is 0 Å². The van der Waals surface area contributed by atoms with Crippen LogP contribution in [0.2, 0.25) is 0 Å².